The molecule has 1 amide bonds. The van der Waals surface area contributed by atoms with E-state index in [1.54, 1.807) is 0 Å². The lowest BCUT2D eigenvalue weighted by Gasteiger charge is -2.26. The van der Waals surface area contributed by atoms with Gasteiger partial charge >= 0.3 is 0 Å². The summed E-state index contributed by atoms with van der Waals surface area (Å²) in [6.07, 6.45) is 0.0102. The van der Waals surface area contributed by atoms with E-state index in [4.69, 9.17) is 0 Å². The quantitative estimate of drug-likeness (QED) is 0.715. The van der Waals surface area contributed by atoms with Crippen LogP contribution in [0.2, 0.25) is 0 Å². The van der Waals surface area contributed by atoms with Crippen molar-refractivity contribution in [2.24, 2.45) is 4.99 Å². The normalized spacial score (nSPS) is 25.4. The average molecular weight is 395 g/mol. The van der Waals surface area contributed by atoms with Crippen LogP contribution >= 0.6 is 11.8 Å². The number of nitrogens with zero attached hydrogens (tertiary/aromatic N) is 2. The van der Waals surface area contributed by atoms with Crippen LogP contribution in [0.5, 0.6) is 0 Å². The zero-order chi connectivity index (χ0) is 18.9. The maximum atomic E-state index is 12.1. The molecule has 2 aliphatic heterocycles. The number of amidine groups is 1. The molecule has 0 radical (unpaired) electrons. The molecule has 0 bridgehead atoms. The van der Waals surface area contributed by atoms with Gasteiger partial charge in [-0.2, -0.15) is 4.99 Å². The second-order valence-electron chi connectivity index (χ2n) is 6.47. The highest BCUT2D eigenvalue weighted by Gasteiger charge is 2.49. The van der Waals surface area contributed by atoms with Crippen LogP contribution in [0.15, 0.2) is 29.3 Å². The molecule has 3 rings (SSSR count). The first kappa shape index (κ1) is 18.9. The molecule has 1 aromatic carbocycles. The molecule has 0 spiro atoms. The van der Waals surface area contributed by atoms with Gasteiger partial charge in [-0.15, -0.1) is 0 Å². The number of sulfone groups is 1. The molecule has 7 nitrogen and oxygen atoms in total. The fourth-order valence-electron chi connectivity index (χ4n) is 3.23. The first-order valence-electron chi connectivity index (χ1n) is 8.30. The molecule has 2 saturated heterocycles. The number of carbonyl (C=O) groups excluding carboxylic acids is 2. The van der Waals surface area contributed by atoms with E-state index in [1.807, 2.05) is 36.1 Å². The Labute approximate surface area is 156 Å². The molecule has 0 aromatic heterocycles. The molecule has 2 atom stereocenters. The lowest BCUT2D eigenvalue weighted by Crippen LogP contribution is -2.38. The van der Waals surface area contributed by atoms with Crippen LogP contribution in [0, 0.1) is 6.92 Å². The Balaban J connectivity index is 1.87. The van der Waals surface area contributed by atoms with E-state index in [1.165, 1.54) is 11.8 Å². The summed E-state index contributed by atoms with van der Waals surface area (Å²) >= 11 is 1.31. The fourth-order valence-corrected chi connectivity index (χ4v) is 7.15. The molecule has 2 heterocycles. The Morgan fingerprint density at radius 1 is 1.27 bits per heavy atom. The van der Waals surface area contributed by atoms with Gasteiger partial charge < -0.3 is 14.8 Å². The minimum absolute atomic E-state index is 0.0211. The maximum absolute atomic E-state index is 12.1. The van der Waals surface area contributed by atoms with Gasteiger partial charge in [-0.05, 0) is 31.4 Å². The minimum atomic E-state index is -3.11. The van der Waals surface area contributed by atoms with Crippen molar-refractivity contribution in [3.8, 4) is 0 Å². The third-order valence-corrected chi connectivity index (χ3v) is 7.64. The predicted octanol–water partition coefficient (Wildman–Crippen LogP) is 0.517. The van der Waals surface area contributed by atoms with Crippen LogP contribution in [0.3, 0.4) is 0 Å². The predicted molar refractivity (Wildman–Crippen MR) is 98.8 cm³/mol. The molecule has 0 aliphatic carbocycles. The molecule has 140 valence electrons. The molecule has 2 fully saturated rings. The third kappa shape index (κ3) is 4.09. The van der Waals surface area contributed by atoms with E-state index in [0.29, 0.717) is 5.17 Å². The van der Waals surface area contributed by atoms with Gasteiger partial charge in [0.25, 0.3) is 0 Å². The van der Waals surface area contributed by atoms with Gasteiger partial charge in [0.05, 0.1) is 17.5 Å². The van der Waals surface area contributed by atoms with E-state index in [2.05, 4.69) is 4.99 Å². The second kappa shape index (κ2) is 7.40. The molecule has 9 heteroatoms. The fraction of sp³-hybridized carbons (Fsp3) is 0.471. The number of amides is 1. The summed E-state index contributed by atoms with van der Waals surface area (Å²) in [6, 6.07) is 7.33. The number of fused-ring (bicyclic) bond motifs is 1. The summed E-state index contributed by atoms with van der Waals surface area (Å²) < 4.78 is 24.1. The highest BCUT2D eigenvalue weighted by Crippen LogP contribution is 2.41. The van der Waals surface area contributed by atoms with E-state index < -0.39 is 21.7 Å². The minimum Gasteiger partial charge on any atom is -0.550 e. The summed E-state index contributed by atoms with van der Waals surface area (Å²) in [5.41, 5.74) is 1.81. The Morgan fingerprint density at radius 3 is 2.69 bits per heavy atom. The van der Waals surface area contributed by atoms with Crippen molar-refractivity contribution in [1.82, 2.24) is 0 Å². The van der Waals surface area contributed by atoms with Crippen LogP contribution in [0.25, 0.3) is 0 Å². The van der Waals surface area contributed by atoms with Gasteiger partial charge in [0.2, 0.25) is 5.91 Å². The Bertz CT molecular complexity index is 866. The number of carboxylic acid groups (broad SMARTS) is 1. The highest BCUT2D eigenvalue weighted by atomic mass is 32.2. The first-order chi connectivity index (χ1) is 12.3. The largest absolute Gasteiger partial charge is 0.550 e. The van der Waals surface area contributed by atoms with E-state index in [9.17, 15) is 23.1 Å². The van der Waals surface area contributed by atoms with E-state index in [0.717, 1.165) is 11.3 Å². The first-order valence-corrected chi connectivity index (χ1v) is 11.0. The van der Waals surface area contributed by atoms with Crippen LogP contribution in [-0.2, 0) is 19.4 Å². The Kier molecular flexibility index (Phi) is 5.38. The Morgan fingerprint density at radius 2 is 2.00 bits per heavy atom. The number of anilines is 1. The summed E-state index contributed by atoms with van der Waals surface area (Å²) in [4.78, 5) is 28.6. The number of carbonyl (C=O) groups is 2. The van der Waals surface area contributed by atoms with Crippen LogP contribution in [0.1, 0.15) is 24.8 Å². The number of para-hydroxylation sites is 1. The van der Waals surface area contributed by atoms with Gasteiger partial charge in [-0.1, -0.05) is 30.0 Å². The van der Waals surface area contributed by atoms with Crippen molar-refractivity contribution in [2.75, 3.05) is 16.4 Å². The van der Waals surface area contributed by atoms with Gasteiger partial charge in [-0.25, -0.2) is 8.42 Å². The monoisotopic (exact) mass is 395 g/mol. The number of thioether (sulfide) groups is 1. The standard InChI is InChI=1S/C17H20N2O5S2/c1-11-5-2-3-6-12(11)19-13-9-26(23,24)10-14(13)25-17(19)18-15(20)7-4-8-16(21)22/h2-3,5-6,13-14H,4,7-10H2,1H3,(H,21,22)/p-1/t13-,14+/m0/s1. The van der Waals surface area contributed by atoms with Crippen molar-refractivity contribution in [3.63, 3.8) is 0 Å². The number of hydrogen-bond acceptors (Lipinski definition) is 6. The molecule has 1 aromatic rings. The number of hydrogen-bond donors (Lipinski definition) is 0. The lowest BCUT2D eigenvalue weighted by atomic mass is 10.1. The average Bonchev–Trinajstić information content (AvgIpc) is 2.98. The van der Waals surface area contributed by atoms with Gasteiger partial charge in [0, 0.05) is 23.3 Å². The second-order valence-corrected chi connectivity index (χ2v) is 9.83. The highest BCUT2D eigenvalue weighted by molar-refractivity contribution is 8.16. The number of aliphatic imine (C=N–C) groups is 1. The molecular formula is C17H19N2O5S2-. The van der Waals surface area contributed by atoms with Crippen molar-refractivity contribution < 1.29 is 23.1 Å². The number of benzene rings is 1. The van der Waals surface area contributed by atoms with Crippen molar-refractivity contribution in [2.45, 2.75) is 37.5 Å². The van der Waals surface area contributed by atoms with Crippen molar-refractivity contribution in [3.05, 3.63) is 29.8 Å². The van der Waals surface area contributed by atoms with Crippen LogP contribution in [0.4, 0.5) is 5.69 Å². The van der Waals surface area contributed by atoms with Crippen LogP contribution < -0.4 is 10.0 Å². The molecule has 26 heavy (non-hydrogen) atoms. The number of aryl methyl sites for hydroxylation is 1. The lowest BCUT2D eigenvalue weighted by molar-refractivity contribution is -0.305. The maximum Gasteiger partial charge on any atom is 0.248 e. The van der Waals surface area contributed by atoms with Crippen molar-refractivity contribution >= 4 is 44.3 Å². The molecule has 0 unspecified atom stereocenters. The van der Waals surface area contributed by atoms with Crippen LogP contribution in [-0.4, -0.2) is 48.3 Å². The van der Waals surface area contributed by atoms with E-state index >= 15 is 0 Å². The summed E-state index contributed by atoms with van der Waals surface area (Å²) in [7, 11) is -3.11. The summed E-state index contributed by atoms with van der Waals surface area (Å²) in [5, 5.41) is 10.8. The molecule has 2 aliphatic rings. The number of carboxylic acids is 1. The smallest absolute Gasteiger partial charge is 0.248 e. The van der Waals surface area contributed by atoms with Gasteiger partial charge in [-0.3, -0.25) is 4.79 Å². The van der Waals surface area contributed by atoms with Gasteiger partial charge in [0.1, 0.15) is 0 Å². The molecule has 0 N–H and O–H groups in total. The number of aliphatic carboxylic acids is 1. The number of rotatable bonds is 5. The Hall–Kier alpha value is -1.87. The topological polar surface area (TPSA) is 107 Å². The summed E-state index contributed by atoms with van der Waals surface area (Å²) in [5.74, 6) is -1.49. The third-order valence-electron chi connectivity index (χ3n) is 4.43. The van der Waals surface area contributed by atoms with Crippen molar-refractivity contribution in [1.29, 1.82) is 0 Å². The molecule has 0 saturated carbocycles. The van der Waals surface area contributed by atoms with E-state index in [-0.39, 0.29) is 42.1 Å². The summed E-state index contributed by atoms with van der Waals surface area (Å²) in [6.45, 7) is 1.93. The van der Waals surface area contributed by atoms with Gasteiger partial charge in [0.15, 0.2) is 15.0 Å². The zero-order valence-electron chi connectivity index (χ0n) is 14.3. The SMILES string of the molecule is Cc1ccccc1N1C(=NC(=O)CCCC(=O)[O-])S[C@@H]2CS(=O)(=O)C[C@@H]21. The zero-order valence-corrected chi connectivity index (χ0v) is 15.9. The molecular weight excluding hydrogens is 376 g/mol.